The summed E-state index contributed by atoms with van der Waals surface area (Å²) < 4.78 is 8.39. The Balaban J connectivity index is 1.33. The van der Waals surface area contributed by atoms with Crippen molar-refractivity contribution in [3.05, 3.63) is 48.3 Å². The number of hydrogen-bond donors (Lipinski definition) is 0. The number of carbonyl (C=O) groups is 1. The van der Waals surface area contributed by atoms with E-state index in [1.165, 1.54) is 12.5 Å². The molecular formula is C16H19N7O2. The number of aromatic nitrogens is 5. The van der Waals surface area contributed by atoms with Gasteiger partial charge in [0.2, 0.25) is 0 Å². The average molecular weight is 341 g/mol. The summed E-state index contributed by atoms with van der Waals surface area (Å²) >= 11 is 0. The predicted octanol–water partition coefficient (Wildman–Crippen LogP) is 0.552. The smallest absolute Gasteiger partial charge is 0.257 e. The molecule has 0 aliphatic carbocycles. The van der Waals surface area contributed by atoms with Crippen LogP contribution in [-0.2, 0) is 13.6 Å². The van der Waals surface area contributed by atoms with E-state index in [4.69, 9.17) is 4.42 Å². The fourth-order valence-electron chi connectivity index (χ4n) is 2.91. The van der Waals surface area contributed by atoms with Gasteiger partial charge in [-0.25, -0.2) is 4.68 Å². The average Bonchev–Trinajstić information content (AvgIpc) is 3.36. The highest BCUT2D eigenvalue weighted by atomic mass is 16.3. The maximum Gasteiger partial charge on any atom is 0.257 e. The standard InChI is InChI=1S/C16H19N7O2/c1-20-4-2-15(18-20)23-11-14(17-19-23)10-21-5-7-22(8-6-21)16(24)13-3-9-25-12-13/h2-4,9,11-12H,5-8,10H2,1H3. The molecule has 1 fully saturated rings. The van der Waals surface area contributed by atoms with Crippen LogP contribution in [0, 0.1) is 0 Å². The van der Waals surface area contributed by atoms with Gasteiger partial charge in [0, 0.05) is 52.0 Å². The van der Waals surface area contributed by atoms with Gasteiger partial charge in [0.15, 0.2) is 5.82 Å². The van der Waals surface area contributed by atoms with Crippen molar-refractivity contribution in [3.63, 3.8) is 0 Å². The van der Waals surface area contributed by atoms with Gasteiger partial charge in [0.1, 0.15) is 6.26 Å². The van der Waals surface area contributed by atoms with Gasteiger partial charge in [-0.1, -0.05) is 5.21 Å². The number of hydrogen-bond acceptors (Lipinski definition) is 6. The van der Waals surface area contributed by atoms with E-state index in [9.17, 15) is 4.79 Å². The van der Waals surface area contributed by atoms with Crippen molar-refractivity contribution in [2.24, 2.45) is 7.05 Å². The summed E-state index contributed by atoms with van der Waals surface area (Å²) in [7, 11) is 1.87. The molecule has 4 rings (SSSR count). The monoisotopic (exact) mass is 341 g/mol. The number of amides is 1. The van der Waals surface area contributed by atoms with Gasteiger partial charge in [-0.15, -0.1) is 5.10 Å². The summed E-state index contributed by atoms with van der Waals surface area (Å²) in [6, 6.07) is 3.59. The molecule has 0 saturated carbocycles. The number of rotatable bonds is 4. The van der Waals surface area contributed by atoms with Crippen LogP contribution < -0.4 is 0 Å². The highest BCUT2D eigenvalue weighted by molar-refractivity contribution is 5.93. The molecular weight excluding hydrogens is 322 g/mol. The van der Waals surface area contributed by atoms with Gasteiger partial charge in [-0.05, 0) is 6.07 Å². The first-order chi connectivity index (χ1) is 12.2. The summed E-state index contributed by atoms with van der Waals surface area (Å²) in [5.74, 6) is 0.770. The summed E-state index contributed by atoms with van der Waals surface area (Å²) in [6.07, 6.45) is 6.78. The Morgan fingerprint density at radius 1 is 1.24 bits per heavy atom. The number of piperazine rings is 1. The molecule has 3 aromatic rings. The molecule has 1 amide bonds. The molecule has 0 unspecified atom stereocenters. The van der Waals surface area contributed by atoms with Crippen molar-refractivity contribution in [3.8, 4) is 5.82 Å². The largest absolute Gasteiger partial charge is 0.472 e. The Hall–Kier alpha value is -2.94. The van der Waals surface area contributed by atoms with Crippen molar-refractivity contribution >= 4 is 5.91 Å². The van der Waals surface area contributed by atoms with Crippen LogP contribution in [0.3, 0.4) is 0 Å². The Labute approximate surface area is 144 Å². The first kappa shape index (κ1) is 15.6. The molecule has 0 atom stereocenters. The molecule has 1 aliphatic heterocycles. The zero-order valence-corrected chi connectivity index (χ0v) is 13.9. The van der Waals surface area contributed by atoms with E-state index in [0.717, 1.165) is 24.6 Å². The third kappa shape index (κ3) is 3.31. The van der Waals surface area contributed by atoms with E-state index < -0.39 is 0 Å². The molecule has 1 aliphatic rings. The molecule has 0 aromatic carbocycles. The highest BCUT2D eigenvalue weighted by Crippen LogP contribution is 2.11. The summed E-state index contributed by atoms with van der Waals surface area (Å²) in [6.45, 7) is 3.71. The minimum atomic E-state index is 0.0227. The van der Waals surface area contributed by atoms with Crippen LogP contribution in [0.25, 0.3) is 5.82 Å². The fourth-order valence-corrected chi connectivity index (χ4v) is 2.91. The van der Waals surface area contributed by atoms with Gasteiger partial charge in [0.25, 0.3) is 5.91 Å². The summed E-state index contributed by atoms with van der Waals surface area (Å²) in [5.41, 5.74) is 1.49. The normalized spacial score (nSPS) is 15.6. The zero-order valence-electron chi connectivity index (χ0n) is 13.9. The Morgan fingerprint density at radius 3 is 2.76 bits per heavy atom. The van der Waals surface area contributed by atoms with Crippen molar-refractivity contribution in [1.82, 2.24) is 34.6 Å². The number of aryl methyl sites for hydroxylation is 1. The topological polar surface area (TPSA) is 85.2 Å². The van der Waals surface area contributed by atoms with Gasteiger partial charge < -0.3 is 9.32 Å². The second-order valence-electron chi connectivity index (χ2n) is 6.08. The minimum absolute atomic E-state index is 0.0227. The Morgan fingerprint density at radius 2 is 2.08 bits per heavy atom. The molecule has 130 valence electrons. The van der Waals surface area contributed by atoms with Gasteiger partial charge >= 0.3 is 0 Å². The van der Waals surface area contributed by atoms with Gasteiger partial charge in [0.05, 0.1) is 23.7 Å². The lowest BCUT2D eigenvalue weighted by Gasteiger charge is -2.34. The van der Waals surface area contributed by atoms with E-state index in [0.29, 0.717) is 25.2 Å². The first-order valence-electron chi connectivity index (χ1n) is 8.14. The fraction of sp³-hybridized carbons (Fsp3) is 0.375. The quantitative estimate of drug-likeness (QED) is 0.689. The van der Waals surface area contributed by atoms with E-state index in [-0.39, 0.29) is 5.91 Å². The molecule has 1 saturated heterocycles. The molecule has 25 heavy (non-hydrogen) atoms. The van der Waals surface area contributed by atoms with Gasteiger partial charge in [-0.3, -0.25) is 14.4 Å². The Kier molecular flexibility index (Phi) is 4.06. The van der Waals surface area contributed by atoms with Crippen LogP contribution in [0.2, 0.25) is 0 Å². The van der Waals surface area contributed by atoms with E-state index in [1.807, 2.05) is 30.4 Å². The third-order valence-electron chi connectivity index (χ3n) is 4.29. The van der Waals surface area contributed by atoms with Crippen molar-refractivity contribution in [2.75, 3.05) is 26.2 Å². The van der Waals surface area contributed by atoms with Crippen molar-refractivity contribution in [2.45, 2.75) is 6.54 Å². The van der Waals surface area contributed by atoms with Crippen LogP contribution in [0.4, 0.5) is 0 Å². The molecule has 4 heterocycles. The number of carbonyl (C=O) groups excluding carboxylic acids is 1. The zero-order chi connectivity index (χ0) is 17.2. The van der Waals surface area contributed by atoms with Crippen LogP contribution in [0.5, 0.6) is 0 Å². The second-order valence-corrected chi connectivity index (χ2v) is 6.08. The lowest BCUT2D eigenvalue weighted by atomic mass is 10.2. The number of furan rings is 1. The van der Waals surface area contributed by atoms with Crippen molar-refractivity contribution in [1.29, 1.82) is 0 Å². The minimum Gasteiger partial charge on any atom is -0.472 e. The van der Waals surface area contributed by atoms with E-state index in [2.05, 4.69) is 20.3 Å². The maximum atomic E-state index is 12.3. The van der Waals surface area contributed by atoms with Crippen LogP contribution in [-0.4, -0.2) is 66.7 Å². The Bertz CT molecular complexity index is 844. The molecule has 3 aromatic heterocycles. The summed E-state index contributed by atoms with van der Waals surface area (Å²) in [5, 5.41) is 12.7. The van der Waals surface area contributed by atoms with Crippen LogP contribution >= 0.6 is 0 Å². The van der Waals surface area contributed by atoms with Crippen LogP contribution in [0.1, 0.15) is 16.1 Å². The maximum absolute atomic E-state index is 12.3. The lowest BCUT2D eigenvalue weighted by molar-refractivity contribution is 0.0626. The SMILES string of the molecule is Cn1ccc(-n2cc(CN3CCN(C(=O)c4ccoc4)CC3)nn2)n1. The highest BCUT2D eigenvalue weighted by Gasteiger charge is 2.23. The predicted molar refractivity (Wildman–Crippen MR) is 88.0 cm³/mol. The molecule has 9 nitrogen and oxygen atoms in total. The summed E-state index contributed by atoms with van der Waals surface area (Å²) in [4.78, 5) is 16.4. The van der Waals surface area contributed by atoms with Crippen LogP contribution in [0.15, 0.2) is 41.5 Å². The lowest BCUT2D eigenvalue weighted by Crippen LogP contribution is -2.48. The molecule has 9 heteroatoms. The van der Waals surface area contributed by atoms with E-state index >= 15 is 0 Å². The second kappa shape index (κ2) is 6.52. The molecule has 0 radical (unpaired) electrons. The first-order valence-corrected chi connectivity index (χ1v) is 8.14. The third-order valence-corrected chi connectivity index (χ3v) is 4.29. The van der Waals surface area contributed by atoms with Gasteiger partial charge in [-0.2, -0.15) is 5.10 Å². The molecule has 0 bridgehead atoms. The molecule has 0 N–H and O–H groups in total. The number of nitrogens with zero attached hydrogens (tertiary/aromatic N) is 7. The van der Waals surface area contributed by atoms with E-state index in [1.54, 1.807) is 15.4 Å². The molecule has 0 spiro atoms. The van der Waals surface area contributed by atoms with Crippen molar-refractivity contribution < 1.29 is 9.21 Å².